The van der Waals surface area contributed by atoms with Gasteiger partial charge in [0.05, 0.1) is 24.7 Å². The van der Waals surface area contributed by atoms with Crippen molar-refractivity contribution in [2.45, 2.75) is 47.5 Å². The van der Waals surface area contributed by atoms with Crippen LogP contribution >= 0.6 is 0 Å². The molecule has 1 atom stereocenters. The maximum atomic E-state index is 11.9. The SMILES string of the molecule is CCCC(C(=O)OCC)C(C(=O)OCC)=C(C)C. The molecule has 0 spiro atoms. The van der Waals surface area contributed by atoms with Crippen LogP contribution in [0.5, 0.6) is 0 Å². The molecular weight excluding hydrogens is 232 g/mol. The van der Waals surface area contributed by atoms with E-state index in [-0.39, 0.29) is 5.97 Å². The van der Waals surface area contributed by atoms with Gasteiger partial charge in [-0.3, -0.25) is 4.79 Å². The first-order valence-electron chi connectivity index (χ1n) is 6.50. The second kappa shape index (κ2) is 8.72. The summed E-state index contributed by atoms with van der Waals surface area (Å²) in [6.07, 6.45) is 1.40. The van der Waals surface area contributed by atoms with E-state index >= 15 is 0 Å². The monoisotopic (exact) mass is 256 g/mol. The number of hydrogen-bond acceptors (Lipinski definition) is 4. The Morgan fingerprint density at radius 3 is 1.94 bits per heavy atom. The van der Waals surface area contributed by atoms with E-state index < -0.39 is 11.9 Å². The maximum absolute atomic E-state index is 11.9. The Labute approximate surface area is 109 Å². The topological polar surface area (TPSA) is 52.6 Å². The zero-order chi connectivity index (χ0) is 14.1. The van der Waals surface area contributed by atoms with E-state index in [4.69, 9.17) is 9.47 Å². The summed E-state index contributed by atoms with van der Waals surface area (Å²) in [5.74, 6) is -1.27. The van der Waals surface area contributed by atoms with Crippen LogP contribution in [0.15, 0.2) is 11.1 Å². The molecule has 0 aromatic rings. The molecule has 0 aromatic carbocycles. The van der Waals surface area contributed by atoms with Crippen molar-refractivity contribution in [3.8, 4) is 0 Å². The number of esters is 2. The van der Waals surface area contributed by atoms with Crippen LogP contribution < -0.4 is 0 Å². The van der Waals surface area contributed by atoms with Crippen LogP contribution in [0.1, 0.15) is 47.5 Å². The van der Waals surface area contributed by atoms with E-state index in [9.17, 15) is 9.59 Å². The van der Waals surface area contributed by atoms with Crippen molar-refractivity contribution in [3.63, 3.8) is 0 Å². The normalized spacial score (nSPS) is 11.6. The summed E-state index contributed by atoms with van der Waals surface area (Å²) in [6.45, 7) is 9.73. The predicted molar refractivity (Wildman–Crippen MR) is 70.0 cm³/mol. The van der Waals surface area contributed by atoms with Gasteiger partial charge in [-0.05, 0) is 34.1 Å². The molecule has 0 radical (unpaired) electrons. The minimum absolute atomic E-state index is 0.303. The van der Waals surface area contributed by atoms with Crippen LogP contribution in [-0.4, -0.2) is 25.2 Å². The lowest BCUT2D eigenvalue weighted by Gasteiger charge is -2.18. The molecule has 0 aliphatic rings. The van der Waals surface area contributed by atoms with Gasteiger partial charge in [-0.25, -0.2) is 4.79 Å². The van der Waals surface area contributed by atoms with Crippen LogP contribution in [-0.2, 0) is 19.1 Å². The number of ether oxygens (including phenoxy) is 2. The Morgan fingerprint density at radius 2 is 1.56 bits per heavy atom. The number of allylic oxidation sites excluding steroid dienone is 1. The zero-order valence-electron chi connectivity index (χ0n) is 12.0. The molecule has 0 saturated heterocycles. The molecule has 0 bridgehead atoms. The highest BCUT2D eigenvalue weighted by Crippen LogP contribution is 2.23. The van der Waals surface area contributed by atoms with Gasteiger partial charge in [0.1, 0.15) is 0 Å². The number of carbonyl (C=O) groups is 2. The predicted octanol–water partition coefficient (Wildman–Crippen LogP) is 2.87. The summed E-state index contributed by atoms with van der Waals surface area (Å²) in [4.78, 5) is 23.8. The Kier molecular flexibility index (Phi) is 8.08. The first-order valence-corrected chi connectivity index (χ1v) is 6.50. The fourth-order valence-electron chi connectivity index (χ4n) is 1.82. The minimum Gasteiger partial charge on any atom is -0.466 e. The molecule has 0 rings (SSSR count). The van der Waals surface area contributed by atoms with Crippen molar-refractivity contribution < 1.29 is 19.1 Å². The van der Waals surface area contributed by atoms with Crippen molar-refractivity contribution in [2.75, 3.05) is 13.2 Å². The molecule has 0 fully saturated rings. The second-order valence-electron chi connectivity index (χ2n) is 4.23. The molecule has 0 aliphatic carbocycles. The minimum atomic E-state index is -0.515. The number of hydrogen-bond donors (Lipinski definition) is 0. The fourth-order valence-corrected chi connectivity index (χ4v) is 1.82. The third-order valence-electron chi connectivity index (χ3n) is 2.53. The highest BCUT2D eigenvalue weighted by atomic mass is 16.5. The zero-order valence-corrected chi connectivity index (χ0v) is 12.0. The van der Waals surface area contributed by atoms with Gasteiger partial charge in [0.25, 0.3) is 0 Å². The fraction of sp³-hybridized carbons (Fsp3) is 0.714. The van der Waals surface area contributed by atoms with Gasteiger partial charge in [-0.15, -0.1) is 0 Å². The lowest BCUT2D eigenvalue weighted by Crippen LogP contribution is -2.26. The van der Waals surface area contributed by atoms with Crippen LogP contribution in [0, 0.1) is 5.92 Å². The van der Waals surface area contributed by atoms with Gasteiger partial charge < -0.3 is 9.47 Å². The average molecular weight is 256 g/mol. The number of rotatable bonds is 7. The first-order chi connectivity index (χ1) is 8.49. The van der Waals surface area contributed by atoms with Crippen LogP contribution in [0.25, 0.3) is 0 Å². The van der Waals surface area contributed by atoms with Gasteiger partial charge in [-0.1, -0.05) is 18.9 Å². The second-order valence-corrected chi connectivity index (χ2v) is 4.23. The third-order valence-corrected chi connectivity index (χ3v) is 2.53. The molecule has 104 valence electrons. The molecule has 0 N–H and O–H groups in total. The van der Waals surface area contributed by atoms with Crippen molar-refractivity contribution in [3.05, 3.63) is 11.1 Å². The lowest BCUT2D eigenvalue weighted by atomic mass is 9.91. The van der Waals surface area contributed by atoms with Gasteiger partial charge in [0, 0.05) is 0 Å². The summed E-state index contributed by atoms with van der Waals surface area (Å²) < 4.78 is 10.1. The van der Waals surface area contributed by atoms with E-state index in [2.05, 4.69) is 0 Å². The van der Waals surface area contributed by atoms with E-state index in [0.29, 0.717) is 25.2 Å². The molecule has 0 heterocycles. The van der Waals surface area contributed by atoms with Crippen molar-refractivity contribution in [1.29, 1.82) is 0 Å². The molecule has 18 heavy (non-hydrogen) atoms. The standard InChI is InChI=1S/C14H24O4/c1-6-9-11(13(15)17-7-2)12(10(4)5)14(16)18-8-3/h11H,6-9H2,1-5H3. The molecule has 1 unspecified atom stereocenters. The highest BCUT2D eigenvalue weighted by Gasteiger charge is 2.29. The number of carbonyl (C=O) groups excluding carboxylic acids is 2. The van der Waals surface area contributed by atoms with Crippen molar-refractivity contribution in [2.24, 2.45) is 5.92 Å². The summed E-state index contributed by atoms with van der Waals surface area (Å²) in [6, 6.07) is 0. The smallest absolute Gasteiger partial charge is 0.334 e. The molecule has 4 heteroatoms. The molecule has 0 saturated carbocycles. The Hall–Kier alpha value is -1.32. The molecule has 0 aliphatic heterocycles. The summed E-state index contributed by atoms with van der Waals surface area (Å²) in [7, 11) is 0. The molecule has 0 amide bonds. The molecule has 4 nitrogen and oxygen atoms in total. The first kappa shape index (κ1) is 16.7. The van der Waals surface area contributed by atoms with Crippen molar-refractivity contribution >= 4 is 11.9 Å². The van der Waals surface area contributed by atoms with Gasteiger partial charge in [-0.2, -0.15) is 0 Å². The lowest BCUT2D eigenvalue weighted by molar-refractivity contribution is -0.150. The van der Waals surface area contributed by atoms with E-state index in [0.717, 1.165) is 12.0 Å². The summed E-state index contributed by atoms with van der Waals surface area (Å²) >= 11 is 0. The Bertz CT molecular complexity index is 314. The van der Waals surface area contributed by atoms with E-state index in [1.54, 1.807) is 13.8 Å². The molecular formula is C14H24O4. The van der Waals surface area contributed by atoms with Crippen LogP contribution in [0.2, 0.25) is 0 Å². The van der Waals surface area contributed by atoms with Crippen LogP contribution in [0.4, 0.5) is 0 Å². The van der Waals surface area contributed by atoms with Crippen molar-refractivity contribution in [1.82, 2.24) is 0 Å². The molecule has 0 aromatic heterocycles. The van der Waals surface area contributed by atoms with Crippen LogP contribution in [0.3, 0.4) is 0 Å². The highest BCUT2D eigenvalue weighted by molar-refractivity contribution is 5.96. The average Bonchev–Trinajstić information content (AvgIpc) is 2.28. The summed E-state index contributed by atoms with van der Waals surface area (Å²) in [5, 5.41) is 0. The van der Waals surface area contributed by atoms with Gasteiger partial charge >= 0.3 is 11.9 Å². The van der Waals surface area contributed by atoms with Gasteiger partial charge in [0.2, 0.25) is 0 Å². The maximum Gasteiger partial charge on any atom is 0.334 e. The van der Waals surface area contributed by atoms with Gasteiger partial charge in [0.15, 0.2) is 0 Å². The Morgan fingerprint density at radius 1 is 1.00 bits per heavy atom. The summed E-state index contributed by atoms with van der Waals surface area (Å²) in [5.41, 5.74) is 1.25. The van der Waals surface area contributed by atoms with E-state index in [1.807, 2.05) is 20.8 Å². The quantitative estimate of drug-likeness (QED) is 0.519. The Balaban J connectivity index is 5.19. The third kappa shape index (κ3) is 4.90. The largest absolute Gasteiger partial charge is 0.466 e. The van der Waals surface area contributed by atoms with E-state index in [1.165, 1.54) is 0 Å².